The number of nitrogens with one attached hydrogen (secondary N) is 2. The average molecular weight is 527 g/mol. The normalized spacial score (nSPS) is 20.3. The van der Waals surface area contributed by atoms with Crippen LogP contribution in [0.25, 0.3) is 0 Å². The number of likely N-dealkylation sites (tertiary alicyclic amines) is 1. The molecule has 1 aromatic carbocycles. The zero-order chi connectivity index (χ0) is 20.6. The molecule has 2 unspecified atom stereocenters. The summed E-state index contributed by atoms with van der Waals surface area (Å²) >= 11 is 0. The van der Waals surface area contributed by atoms with Gasteiger partial charge >= 0.3 is 0 Å². The fourth-order valence-corrected chi connectivity index (χ4v) is 4.14. The summed E-state index contributed by atoms with van der Waals surface area (Å²) in [7, 11) is 0. The molecule has 2 aliphatic heterocycles. The fourth-order valence-electron chi connectivity index (χ4n) is 4.14. The minimum Gasteiger partial charge on any atom is -0.357 e. The van der Waals surface area contributed by atoms with Crippen LogP contribution in [0.5, 0.6) is 0 Å². The van der Waals surface area contributed by atoms with Gasteiger partial charge in [0.25, 0.3) is 0 Å². The van der Waals surface area contributed by atoms with Crippen molar-refractivity contribution in [3.05, 3.63) is 30.3 Å². The third-order valence-corrected chi connectivity index (χ3v) is 5.63. The van der Waals surface area contributed by atoms with Crippen molar-refractivity contribution in [1.29, 1.82) is 0 Å². The Balaban J connectivity index is 0.00000320. The number of nitrogens with zero attached hydrogens (tertiary/aromatic N) is 3. The van der Waals surface area contributed by atoms with Gasteiger partial charge in [-0.2, -0.15) is 0 Å². The van der Waals surface area contributed by atoms with E-state index in [1.54, 1.807) is 0 Å². The van der Waals surface area contributed by atoms with Gasteiger partial charge in [-0.3, -0.25) is 14.6 Å². The lowest BCUT2D eigenvalue weighted by atomic mass is 10.1. The number of guanidine groups is 1. The summed E-state index contributed by atoms with van der Waals surface area (Å²) in [4.78, 5) is 33.0. The molecule has 2 amide bonds. The molecule has 3 rings (SSSR count). The predicted octanol–water partition coefficient (Wildman–Crippen LogP) is 2.76. The summed E-state index contributed by atoms with van der Waals surface area (Å²) in [5.41, 5.74) is 0.935. The lowest BCUT2D eigenvalue weighted by Gasteiger charge is -2.26. The number of benzene rings is 1. The van der Waals surface area contributed by atoms with Crippen molar-refractivity contribution in [3.8, 4) is 0 Å². The van der Waals surface area contributed by atoms with E-state index in [0.29, 0.717) is 25.9 Å². The molecule has 2 N–H and O–H groups in total. The summed E-state index contributed by atoms with van der Waals surface area (Å²) in [5.74, 6) is 1.14. The van der Waals surface area contributed by atoms with E-state index >= 15 is 0 Å². The molecule has 1 aromatic rings. The highest BCUT2D eigenvalue weighted by molar-refractivity contribution is 14.0. The van der Waals surface area contributed by atoms with Crippen molar-refractivity contribution in [1.82, 2.24) is 15.5 Å². The van der Waals surface area contributed by atoms with Gasteiger partial charge in [0.1, 0.15) is 0 Å². The van der Waals surface area contributed by atoms with Gasteiger partial charge in [0.2, 0.25) is 11.8 Å². The van der Waals surface area contributed by atoms with E-state index in [4.69, 9.17) is 4.99 Å². The molecule has 30 heavy (non-hydrogen) atoms. The highest BCUT2D eigenvalue weighted by Crippen LogP contribution is 2.21. The van der Waals surface area contributed by atoms with Crippen LogP contribution in [0.2, 0.25) is 0 Å². The van der Waals surface area contributed by atoms with Gasteiger partial charge in [0.15, 0.2) is 5.96 Å². The Morgan fingerprint density at radius 2 is 1.97 bits per heavy atom. The Hall–Kier alpha value is -1.84. The first-order valence-corrected chi connectivity index (χ1v) is 10.8. The topological polar surface area (TPSA) is 77.0 Å². The number of hydrogen-bond donors (Lipinski definition) is 2. The first kappa shape index (κ1) is 24.4. The van der Waals surface area contributed by atoms with Gasteiger partial charge < -0.3 is 20.4 Å². The van der Waals surface area contributed by atoms with E-state index < -0.39 is 0 Å². The van der Waals surface area contributed by atoms with Crippen LogP contribution in [-0.4, -0.2) is 60.9 Å². The molecular weight excluding hydrogens is 493 g/mol. The van der Waals surface area contributed by atoms with Crippen LogP contribution < -0.4 is 15.5 Å². The van der Waals surface area contributed by atoms with E-state index in [1.165, 1.54) is 0 Å². The van der Waals surface area contributed by atoms with Crippen LogP contribution in [-0.2, 0) is 9.59 Å². The molecule has 0 spiro atoms. The van der Waals surface area contributed by atoms with Crippen LogP contribution in [0.1, 0.15) is 46.0 Å². The molecule has 7 nitrogen and oxygen atoms in total. The maximum absolute atomic E-state index is 12.4. The Morgan fingerprint density at radius 3 is 2.60 bits per heavy atom. The Morgan fingerprint density at radius 1 is 1.20 bits per heavy atom. The van der Waals surface area contributed by atoms with Crippen molar-refractivity contribution in [2.24, 2.45) is 4.99 Å². The molecule has 2 heterocycles. The Bertz CT molecular complexity index is 727. The molecule has 0 saturated carbocycles. The van der Waals surface area contributed by atoms with Crippen molar-refractivity contribution < 1.29 is 9.59 Å². The molecule has 2 atom stereocenters. The maximum Gasteiger partial charge on any atom is 0.229 e. The maximum atomic E-state index is 12.4. The third-order valence-electron chi connectivity index (χ3n) is 5.63. The fraction of sp³-hybridized carbons (Fsp3) is 0.591. The largest absolute Gasteiger partial charge is 0.357 e. The zero-order valence-electron chi connectivity index (χ0n) is 18.0. The molecular formula is C22H34IN5O2. The number of para-hydroxylation sites is 1. The second kappa shape index (κ2) is 12.1. The highest BCUT2D eigenvalue weighted by atomic mass is 127. The summed E-state index contributed by atoms with van der Waals surface area (Å²) < 4.78 is 0. The van der Waals surface area contributed by atoms with Crippen molar-refractivity contribution >= 4 is 47.4 Å². The number of hydrogen-bond acceptors (Lipinski definition) is 3. The summed E-state index contributed by atoms with van der Waals surface area (Å²) in [6.07, 6.45) is 3.92. The molecule has 0 bridgehead atoms. The molecule has 2 aliphatic rings. The number of aliphatic imine (C=N–C) groups is 1. The number of halogens is 1. The number of anilines is 1. The number of rotatable bonds is 8. The van der Waals surface area contributed by atoms with Gasteiger partial charge in [0.05, 0.1) is 6.04 Å². The molecule has 2 fully saturated rings. The average Bonchev–Trinajstić information content (AvgIpc) is 3.31. The van der Waals surface area contributed by atoms with E-state index in [1.807, 2.05) is 47.1 Å². The second-order valence-corrected chi connectivity index (χ2v) is 7.69. The minimum atomic E-state index is 0. The van der Waals surface area contributed by atoms with Gasteiger partial charge in [-0.15, -0.1) is 24.0 Å². The standard InChI is InChI=1S/C22H33N5O2.HI/c1-3-18(26-14-8-11-20(26)28)12-13-24-22(23-4-2)25-17-15-21(29)27(16-17)19-9-6-5-7-10-19;/h5-7,9-10,17-18H,3-4,8,11-16H2,1-2H3,(H2,23,24,25);1H. The highest BCUT2D eigenvalue weighted by Gasteiger charge is 2.31. The van der Waals surface area contributed by atoms with Gasteiger partial charge in [-0.1, -0.05) is 25.1 Å². The summed E-state index contributed by atoms with van der Waals surface area (Å²) in [5, 5.41) is 6.69. The lowest BCUT2D eigenvalue weighted by Crippen LogP contribution is -2.45. The van der Waals surface area contributed by atoms with Crippen molar-refractivity contribution in [2.75, 3.05) is 31.1 Å². The lowest BCUT2D eigenvalue weighted by molar-refractivity contribution is -0.129. The van der Waals surface area contributed by atoms with E-state index in [0.717, 1.165) is 44.0 Å². The monoisotopic (exact) mass is 527 g/mol. The van der Waals surface area contributed by atoms with E-state index in [2.05, 4.69) is 17.6 Å². The number of carbonyl (C=O) groups is 2. The smallest absolute Gasteiger partial charge is 0.229 e. The molecule has 0 aliphatic carbocycles. The van der Waals surface area contributed by atoms with Gasteiger partial charge in [0, 0.05) is 50.7 Å². The van der Waals surface area contributed by atoms with Crippen LogP contribution >= 0.6 is 24.0 Å². The number of amides is 2. The summed E-state index contributed by atoms with van der Waals surface area (Å²) in [6, 6.07) is 10.1. The van der Waals surface area contributed by atoms with Gasteiger partial charge in [-0.25, -0.2) is 0 Å². The van der Waals surface area contributed by atoms with Crippen molar-refractivity contribution in [2.45, 2.75) is 58.0 Å². The van der Waals surface area contributed by atoms with E-state index in [9.17, 15) is 9.59 Å². The first-order valence-electron chi connectivity index (χ1n) is 10.8. The second-order valence-electron chi connectivity index (χ2n) is 7.69. The summed E-state index contributed by atoms with van der Waals surface area (Å²) in [6.45, 7) is 7.08. The molecule has 8 heteroatoms. The van der Waals surface area contributed by atoms with Gasteiger partial charge in [-0.05, 0) is 38.3 Å². The van der Waals surface area contributed by atoms with Crippen molar-refractivity contribution in [3.63, 3.8) is 0 Å². The van der Waals surface area contributed by atoms with Crippen LogP contribution in [0.3, 0.4) is 0 Å². The quantitative estimate of drug-likeness (QED) is 0.310. The minimum absolute atomic E-state index is 0. The molecule has 166 valence electrons. The SMILES string of the molecule is CCNC(=NCCC(CC)N1CCCC1=O)NC1CC(=O)N(c2ccccc2)C1.I. The molecule has 0 radical (unpaired) electrons. The molecule has 2 saturated heterocycles. The zero-order valence-corrected chi connectivity index (χ0v) is 20.3. The Labute approximate surface area is 196 Å². The Kier molecular flexibility index (Phi) is 9.87. The number of carbonyl (C=O) groups excluding carboxylic acids is 2. The third kappa shape index (κ3) is 6.33. The molecule has 0 aromatic heterocycles. The first-order chi connectivity index (χ1) is 14.1. The predicted molar refractivity (Wildman–Crippen MR) is 131 cm³/mol. The van der Waals surface area contributed by atoms with Crippen LogP contribution in [0.4, 0.5) is 5.69 Å². The van der Waals surface area contributed by atoms with Crippen LogP contribution in [0, 0.1) is 0 Å². The van der Waals surface area contributed by atoms with E-state index in [-0.39, 0.29) is 47.9 Å². The van der Waals surface area contributed by atoms with Crippen LogP contribution in [0.15, 0.2) is 35.3 Å².